The molecular weight excluding hydrogens is 312 g/mol. The summed E-state index contributed by atoms with van der Waals surface area (Å²) in [6.45, 7) is 5.53. The maximum absolute atomic E-state index is 12.3. The number of rotatable bonds is 9. The number of anilines is 1. The molecule has 128 valence electrons. The van der Waals surface area contributed by atoms with Crippen LogP contribution in [0.3, 0.4) is 0 Å². The average molecular weight is 338 g/mol. The Hall–Kier alpha value is -1.50. The lowest BCUT2D eigenvalue weighted by atomic mass is 10.1. The van der Waals surface area contributed by atoms with E-state index in [4.69, 9.17) is 0 Å². The lowest BCUT2D eigenvalue weighted by molar-refractivity contribution is -0.128. The molecule has 0 aromatic carbocycles. The van der Waals surface area contributed by atoms with Gasteiger partial charge in [-0.1, -0.05) is 44.4 Å². The zero-order valence-corrected chi connectivity index (χ0v) is 14.8. The number of amides is 2. The standard InChI is InChI=1S/C16H26N4O2S/c1-3-5-7-8-13-18-19-16(23-13)17-15(22)12-10-14(21)20(11-12)9-6-4-2/h12H,3-11H2,1-2H3,(H,17,19,22)/t12-/m1/s1. The van der Waals surface area contributed by atoms with Gasteiger partial charge < -0.3 is 10.2 Å². The molecule has 1 aromatic rings. The Kier molecular flexibility index (Phi) is 6.95. The first-order valence-electron chi connectivity index (χ1n) is 8.55. The molecule has 0 bridgehead atoms. The Bertz CT molecular complexity index is 532. The molecule has 6 nitrogen and oxygen atoms in total. The predicted octanol–water partition coefficient (Wildman–Crippen LogP) is 2.86. The second-order valence-electron chi connectivity index (χ2n) is 6.04. The lowest BCUT2D eigenvalue weighted by Crippen LogP contribution is -2.29. The van der Waals surface area contributed by atoms with Crippen molar-refractivity contribution in [1.29, 1.82) is 0 Å². The predicted molar refractivity (Wildman–Crippen MR) is 91.4 cm³/mol. The van der Waals surface area contributed by atoms with Crippen molar-refractivity contribution < 1.29 is 9.59 Å². The molecule has 1 aliphatic rings. The summed E-state index contributed by atoms with van der Waals surface area (Å²) in [6, 6.07) is 0. The Morgan fingerprint density at radius 1 is 1.26 bits per heavy atom. The Morgan fingerprint density at radius 3 is 2.78 bits per heavy atom. The van der Waals surface area contributed by atoms with Gasteiger partial charge in [-0.3, -0.25) is 9.59 Å². The van der Waals surface area contributed by atoms with E-state index in [0.29, 0.717) is 18.1 Å². The quantitative estimate of drug-likeness (QED) is 0.703. The summed E-state index contributed by atoms with van der Waals surface area (Å²) in [5.74, 6) is -0.309. The van der Waals surface area contributed by atoms with Crippen LogP contribution in [0.5, 0.6) is 0 Å². The molecular formula is C16H26N4O2S. The van der Waals surface area contributed by atoms with Gasteiger partial charge in [0.05, 0.1) is 5.92 Å². The summed E-state index contributed by atoms with van der Waals surface area (Å²) in [5.41, 5.74) is 0. The van der Waals surface area contributed by atoms with Gasteiger partial charge in [0, 0.05) is 25.9 Å². The third-order valence-electron chi connectivity index (χ3n) is 4.06. The first-order valence-corrected chi connectivity index (χ1v) is 9.36. The largest absolute Gasteiger partial charge is 0.342 e. The topological polar surface area (TPSA) is 75.2 Å². The first kappa shape index (κ1) is 17.8. The van der Waals surface area contributed by atoms with E-state index < -0.39 is 0 Å². The van der Waals surface area contributed by atoms with Crippen LogP contribution >= 0.6 is 11.3 Å². The molecule has 1 saturated heterocycles. The van der Waals surface area contributed by atoms with E-state index in [9.17, 15) is 9.59 Å². The summed E-state index contributed by atoms with van der Waals surface area (Å²) < 4.78 is 0. The highest BCUT2D eigenvalue weighted by molar-refractivity contribution is 7.15. The highest BCUT2D eigenvalue weighted by Crippen LogP contribution is 2.22. The van der Waals surface area contributed by atoms with E-state index in [1.54, 1.807) is 4.90 Å². The van der Waals surface area contributed by atoms with Crippen LogP contribution in [0.25, 0.3) is 0 Å². The number of hydrogen-bond donors (Lipinski definition) is 1. The minimum atomic E-state index is -0.271. The Balaban J connectivity index is 1.81. The molecule has 0 spiro atoms. The van der Waals surface area contributed by atoms with Crippen LogP contribution in [0.15, 0.2) is 0 Å². The van der Waals surface area contributed by atoms with Crippen molar-refractivity contribution >= 4 is 28.3 Å². The molecule has 1 atom stereocenters. The number of hydrogen-bond acceptors (Lipinski definition) is 5. The number of aryl methyl sites for hydroxylation is 1. The summed E-state index contributed by atoms with van der Waals surface area (Å²) in [7, 11) is 0. The molecule has 1 aliphatic heterocycles. The van der Waals surface area contributed by atoms with Gasteiger partial charge in [-0.2, -0.15) is 0 Å². The van der Waals surface area contributed by atoms with E-state index in [1.165, 1.54) is 24.2 Å². The number of carbonyl (C=O) groups is 2. The number of unbranched alkanes of at least 4 members (excludes halogenated alkanes) is 3. The van der Waals surface area contributed by atoms with Gasteiger partial charge in [0.15, 0.2) is 0 Å². The highest BCUT2D eigenvalue weighted by Gasteiger charge is 2.34. The molecule has 7 heteroatoms. The van der Waals surface area contributed by atoms with Gasteiger partial charge in [0.2, 0.25) is 16.9 Å². The number of aromatic nitrogens is 2. The molecule has 0 saturated carbocycles. The summed E-state index contributed by atoms with van der Waals surface area (Å²) in [5, 5.41) is 12.5. The van der Waals surface area contributed by atoms with Crippen molar-refractivity contribution in [2.24, 2.45) is 5.92 Å². The summed E-state index contributed by atoms with van der Waals surface area (Å²) in [4.78, 5) is 26.0. The highest BCUT2D eigenvalue weighted by atomic mass is 32.1. The van der Waals surface area contributed by atoms with Crippen LogP contribution in [-0.4, -0.2) is 40.0 Å². The molecule has 2 heterocycles. The molecule has 0 radical (unpaired) electrons. The van der Waals surface area contributed by atoms with E-state index in [0.717, 1.165) is 37.2 Å². The van der Waals surface area contributed by atoms with Gasteiger partial charge in [-0.15, -0.1) is 10.2 Å². The Labute approximate surface area is 141 Å². The fourth-order valence-electron chi connectivity index (χ4n) is 2.65. The third kappa shape index (κ3) is 5.27. The van der Waals surface area contributed by atoms with Gasteiger partial charge >= 0.3 is 0 Å². The number of nitrogens with one attached hydrogen (secondary N) is 1. The van der Waals surface area contributed by atoms with Gasteiger partial charge in [0.25, 0.3) is 0 Å². The van der Waals surface area contributed by atoms with Crippen LogP contribution in [0.1, 0.15) is 57.4 Å². The van der Waals surface area contributed by atoms with Crippen molar-refractivity contribution in [3.63, 3.8) is 0 Å². The van der Waals surface area contributed by atoms with Gasteiger partial charge in [-0.25, -0.2) is 0 Å². The van der Waals surface area contributed by atoms with Crippen LogP contribution in [0.4, 0.5) is 5.13 Å². The molecule has 0 unspecified atom stereocenters. The van der Waals surface area contributed by atoms with Crippen molar-refractivity contribution in [2.45, 2.75) is 58.8 Å². The fraction of sp³-hybridized carbons (Fsp3) is 0.750. The van der Waals surface area contributed by atoms with Crippen LogP contribution in [0, 0.1) is 5.92 Å². The molecule has 1 aromatic heterocycles. The smallest absolute Gasteiger partial charge is 0.231 e. The monoisotopic (exact) mass is 338 g/mol. The SMILES string of the molecule is CCCCCc1nnc(NC(=O)[C@@H]2CC(=O)N(CCCC)C2)s1. The number of nitrogens with zero attached hydrogens (tertiary/aromatic N) is 3. The minimum absolute atomic E-state index is 0.0797. The maximum Gasteiger partial charge on any atom is 0.231 e. The maximum atomic E-state index is 12.3. The van der Waals surface area contributed by atoms with E-state index in [2.05, 4.69) is 29.4 Å². The fourth-order valence-corrected chi connectivity index (χ4v) is 3.44. The van der Waals surface area contributed by atoms with Gasteiger partial charge in [0.1, 0.15) is 5.01 Å². The minimum Gasteiger partial charge on any atom is -0.342 e. The average Bonchev–Trinajstić information content (AvgIpc) is 3.12. The van der Waals surface area contributed by atoms with E-state index >= 15 is 0 Å². The molecule has 1 fully saturated rings. The van der Waals surface area contributed by atoms with Crippen molar-refractivity contribution in [3.8, 4) is 0 Å². The zero-order valence-electron chi connectivity index (χ0n) is 14.0. The Morgan fingerprint density at radius 2 is 2.04 bits per heavy atom. The second-order valence-corrected chi connectivity index (χ2v) is 7.10. The number of carbonyl (C=O) groups excluding carboxylic acids is 2. The van der Waals surface area contributed by atoms with Crippen molar-refractivity contribution in [2.75, 3.05) is 18.4 Å². The molecule has 23 heavy (non-hydrogen) atoms. The first-order chi connectivity index (χ1) is 11.1. The number of likely N-dealkylation sites (tertiary alicyclic amines) is 1. The van der Waals surface area contributed by atoms with Crippen molar-refractivity contribution in [1.82, 2.24) is 15.1 Å². The zero-order chi connectivity index (χ0) is 16.7. The molecule has 1 N–H and O–H groups in total. The third-order valence-corrected chi connectivity index (χ3v) is 4.96. The summed E-state index contributed by atoms with van der Waals surface area (Å²) in [6.07, 6.45) is 6.70. The molecule has 2 amide bonds. The van der Waals surface area contributed by atoms with Crippen LogP contribution in [0.2, 0.25) is 0 Å². The molecule has 0 aliphatic carbocycles. The normalized spacial score (nSPS) is 17.7. The van der Waals surface area contributed by atoms with Gasteiger partial charge in [-0.05, 0) is 12.8 Å². The lowest BCUT2D eigenvalue weighted by Gasteiger charge is -2.15. The van der Waals surface area contributed by atoms with Crippen LogP contribution in [-0.2, 0) is 16.0 Å². The second kappa shape index (κ2) is 8.96. The summed E-state index contributed by atoms with van der Waals surface area (Å²) >= 11 is 1.43. The van der Waals surface area contributed by atoms with Crippen molar-refractivity contribution in [3.05, 3.63) is 5.01 Å². The van der Waals surface area contributed by atoms with E-state index in [1.807, 2.05) is 0 Å². The van der Waals surface area contributed by atoms with E-state index in [-0.39, 0.29) is 17.7 Å². The van der Waals surface area contributed by atoms with Crippen LogP contribution < -0.4 is 5.32 Å². The molecule has 2 rings (SSSR count).